The van der Waals surface area contributed by atoms with Gasteiger partial charge in [0.25, 0.3) is 0 Å². The van der Waals surface area contributed by atoms with Crippen molar-refractivity contribution in [2.45, 2.75) is 58.7 Å². The Morgan fingerprint density at radius 1 is 1.40 bits per heavy atom. The van der Waals surface area contributed by atoms with Gasteiger partial charge in [-0.3, -0.25) is 9.48 Å². The number of ether oxygens (including phenoxy) is 1. The quantitative estimate of drug-likeness (QED) is 0.856. The smallest absolute Gasteiger partial charge is 0.239 e. The van der Waals surface area contributed by atoms with Crippen LogP contribution in [0.4, 0.5) is 0 Å². The molecule has 1 amide bonds. The molecule has 1 aromatic heterocycles. The fourth-order valence-electron chi connectivity index (χ4n) is 3.83. The molecule has 140 valence electrons. The number of hydrogen-bond donors (Lipinski definition) is 1. The number of carbonyl (C=O) groups is 1. The fourth-order valence-corrected chi connectivity index (χ4v) is 3.83. The number of rotatable bonds is 6. The molecule has 1 N–H and O–H groups in total. The lowest BCUT2D eigenvalue weighted by molar-refractivity contribution is -0.134. The highest BCUT2D eigenvalue weighted by Gasteiger charge is 2.32. The van der Waals surface area contributed by atoms with Crippen molar-refractivity contribution in [1.29, 1.82) is 0 Å². The van der Waals surface area contributed by atoms with Crippen LogP contribution in [0.2, 0.25) is 0 Å². The molecule has 0 radical (unpaired) electrons. The standard InChI is InChI=1S/C19H32N4O2/c1-4-23-13-17(12-21-23)18-16(7-10-25-18)11-20-15(3)19(24)22-8-5-14(2)6-9-22/h12-16,18,20H,4-11H2,1-3H3. The lowest BCUT2D eigenvalue weighted by Crippen LogP contribution is -2.48. The molecule has 3 atom stereocenters. The Balaban J connectivity index is 1.50. The summed E-state index contributed by atoms with van der Waals surface area (Å²) < 4.78 is 7.88. The molecule has 2 aliphatic heterocycles. The first-order valence-corrected chi connectivity index (χ1v) is 9.74. The molecule has 0 spiro atoms. The van der Waals surface area contributed by atoms with E-state index in [1.807, 2.05) is 22.7 Å². The van der Waals surface area contributed by atoms with Crippen LogP contribution >= 0.6 is 0 Å². The largest absolute Gasteiger partial charge is 0.373 e. The molecule has 3 unspecified atom stereocenters. The molecular formula is C19H32N4O2. The Labute approximate surface area is 150 Å². The van der Waals surface area contributed by atoms with Gasteiger partial charge < -0.3 is 15.0 Å². The van der Waals surface area contributed by atoms with E-state index in [1.165, 1.54) is 0 Å². The van der Waals surface area contributed by atoms with Crippen molar-refractivity contribution >= 4 is 5.91 Å². The summed E-state index contributed by atoms with van der Waals surface area (Å²) >= 11 is 0. The summed E-state index contributed by atoms with van der Waals surface area (Å²) in [7, 11) is 0. The Hall–Kier alpha value is -1.40. The van der Waals surface area contributed by atoms with E-state index < -0.39 is 0 Å². The molecule has 2 aliphatic rings. The van der Waals surface area contributed by atoms with Crippen LogP contribution in [0.5, 0.6) is 0 Å². The molecule has 6 nitrogen and oxygen atoms in total. The van der Waals surface area contributed by atoms with E-state index in [9.17, 15) is 4.79 Å². The topological polar surface area (TPSA) is 59.4 Å². The van der Waals surface area contributed by atoms with Gasteiger partial charge in [-0.25, -0.2) is 0 Å². The summed E-state index contributed by atoms with van der Waals surface area (Å²) in [5, 5.41) is 7.81. The zero-order valence-electron chi connectivity index (χ0n) is 15.8. The molecule has 0 saturated carbocycles. The van der Waals surface area contributed by atoms with Gasteiger partial charge in [-0.1, -0.05) is 6.92 Å². The van der Waals surface area contributed by atoms with E-state index in [4.69, 9.17) is 4.74 Å². The minimum atomic E-state index is -0.131. The Bertz CT molecular complexity index is 566. The van der Waals surface area contributed by atoms with Crippen LogP contribution in [0.3, 0.4) is 0 Å². The maximum Gasteiger partial charge on any atom is 0.239 e. The van der Waals surface area contributed by atoms with Gasteiger partial charge >= 0.3 is 0 Å². The van der Waals surface area contributed by atoms with Crippen LogP contribution in [0.15, 0.2) is 12.4 Å². The van der Waals surface area contributed by atoms with Crippen LogP contribution in [0.1, 0.15) is 51.7 Å². The third-order valence-corrected chi connectivity index (χ3v) is 5.67. The monoisotopic (exact) mass is 348 g/mol. The van der Waals surface area contributed by atoms with E-state index in [0.717, 1.165) is 63.5 Å². The molecular weight excluding hydrogens is 316 g/mol. The zero-order chi connectivity index (χ0) is 17.8. The van der Waals surface area contributed by atoms with Gasteiger partial charge in [0.05, 0.1) is 18.3 Å². The van der Waals surface area contributed by atoms with Gasteiger partial charge in [-0.15, -0.1) is 0 Å². The Morgan fingerprint density at radius 2 is 2.16 bits per heavy atom. The van der Waals surface area contributed by atoms with E-state index in [-0.39, 0.29) is 18.1 Å². The van der Waals surface area contributed by atoms with E-state index in [0.29, 0.717) is 5.92 Å². The normalized spacial score (nSPS) is 26.1. The van der Waals surface area contributed by atoms with Crippen molar-refractivity contribution in [2.24, 2.45) is 11.8 Å². The highest BCUT2D eigenvalue weighted by molar-refractivity contribution is 5.81. The molecule has 0 bridgehead atoms. The number of aromatic nitrogens is 2. The predicted octanol–water partition coefficient (Wildman–Crippen LogP) is 2.22. The van der Waals surface area contributed by atoms with Crippen molar-refractivity contribution in [3.05, 3.63) is 18.0 Å². The number of amides is 1. The summed E-state index contributed by atoms with van der Waals surface area (Å²) in [4.78, 5) is 14.6. The van der Waals surface area contributed by atoms with Crippen molar-refractivity contribution < 1.29 is 9.53 Å². The second-order valence-electron chi connectivity index (χ2n) is 7.61. The number of hydrogen-bond acceptors (Lipinski definition) is 4. The maximum absolute atomic E-state index is 12.6. The lowest BCUT2D eigenvalue weighted by Gasteiger charge is -2.32. The van der Waals surface area contributed by atoms with Crippen LogP contribution in [0, 0.1) is 11.8 Å². The highest BCUT2D eigenvalue weighted by Crippen LogP contribution is 2.34. The minimum absolute atomic E-state index is 0.0888. The van der Waals surface area contributed by atoms with E-state index in [2.05, 4.69) is 30.5 Å². The van der Waals surface area contributed by atoms with Gasteiger partial charge in [0.2, 0.25) is 5.91 Å². The van der Waals surface area contributed by atoms with Crippen LogP contribution in [0.25, 0.3) is 0 Å². The molecule has 1 aromatic rings. The molecule has 0 aliphatic carbocycles. The second kappa shape index (κ2) is 8.32. The first kappa shape index (κ1) is 18.4. The molecule has 2 saturated heterocycles. The zero-order valence-corrected chi connectivity index (χ0v) is 15.8. The van der Waals surface area contributed by atoms with Gasteiger partial charge in [-0.2, -0.15) is 5.10 Å². The Kier molecular flexibility index (Phi) is 6.12. The van der Waals surface area contributed by atoms with Gasteiger partial charge in [-0.05, 0) is 39.0 Å². The number of nitrogens with one attached hydrogen (secondary N) is 1. The molecule has 2 fully saturated rings. The lowest BCUT2D eigenvalue weighted by atomic mass is 9.96. The summed E-state index contributed by atoms with van der Waals surface area (Å²) in [6, 6.07) is -0.131. The van der Waals surface area contributed by atoms with Crippen molar-refractivity contribution in [1.82, 2.24) is 20.0 Å². The highest BCUT2D eigenvalue weighted by atomic mass is 16.5. The van der Waals surface area contributed by atoms with Gasteiger partial charge in [0.15, 0.2) is 0 Å². The van der Waals surface area contributed by atoms with Crippen molar-refractivity contribution in [2.75, 3.05) is 26.2 Å². The Morgan fingerprint density at radius 3 is 2.84 bits per heavy atom. The van der Waals surface area contributed by atoms with E-state index >= 15 is 0 Å². The third-order valence-electron chi connectivity index (χ3n) is 5.67. The first-order chi connectivity index (χ1) is 12.1. The molecule has 25 heavy (non-hydrogen) atoms. The minimum Gasteiger partial charge on any atom is -0.373 e. The van der Waals surface area contributed by atoms with Crippen molar-refractivity contribution in [3.63, 3.8) is 0 Å². The summed E-state index contributed by atoms with van der Waals surface area (Å²) in [6.45, 7) is 10.6. The summed E-state index contributed by atoms with van der Waals surface area (Å²) in [5.74, 6) is 1.38. The number of piperidine rings is 1. The molecule has 0 aromatic carbocycles. The predicted molar refractivity (Wildman–Crippen MR) is 97.1 cm³/mol. The summed E-state index contributed by atoms with van der Waals surface area (Å²) in [5.41, 5.74) is 1.15. The van der Waals surface area contributed by atoms with E-state index in [1.54, 1.807) is 0 Å². The molecule has 3 rings (SSSR count). The van der Waals surface area contributed by atoms with Gasteiger partial charge in [0, 0.05) is 50.5 Å². The number of nitrogens with zero attached hydrogens (tertiary/aromatic N) is 3. The molecule has 3 heterocycles. The average Bonchev–Trinajstić information content (AvgIpc) is 3.28. The van der Waals surface area contributed by atoms with Gasteiger partial charge in [0.1, 0.15) is 0 Å². The number of carbonyl (C=O) groups excluding carboxylic acids is 1. The van der Waals surface area contributed by atoms with Crippen molar-refractivity contribution in [3.8, 4) is 0 Å². The third kappa shape index (κ3) is 4.42. The molecule has 6 heteroatoms. The van der Waals surface area contributed by atoms with Crippen LogP contribution < -0.4 is 5.32 Å². The number of likely N-dealkylation sites (tertiary alicyclic amines) is 1. The average molecular weight is 348 g/mol. The fraction of sp³-hybridized carbons (Fsp3) is 0.789. The van der Waals surface area contributed by atoms with Crippen LogP contribution in [-0.2, 0) is 16.1 Å². The summed E-state index contributed by atoms with van der Waals surface area (Å²) in [6.07, 6.45) is 7.35. The number of aryl methyl sites for hydroxylation is 1. The van der Waals surface area contributed by atoms with Crippen LogP contribution in [-0.4, -0.2) is 52.9 Å². The first-order valence-electron chi connectivity index (χ1n) is 9.74. The SMILES string of the molecule is CCn1cc(C2OCCC2CNC(C)C(=O)N2CCC(C)CC2)cn1. The maximum atomic E-state index is 12.6. The second-order valence-corrected chi connectivity index (χ2v) is 7.61.